The molecule has 1 aromatic heterocycles. The van der Waals surface area contributed by atoms with E-state index in [1.165, 1.54) is 12.0 Å². The average molecular weight is 324 g/mol. The molecule has 0 unspecified atom stereocenters. The second-order valence-electron chi connectivity index (χ2n) is 4.10. The minimum absolute atomic E-state index is 0.343. The molecule has 0 amide bonds. The molecule has 0 radical (unpaired) electrons. The Morgan fingerprint density at radius 1 is 1.43 bits per heavy atom. The number of aryl methyl sites for hydroxylation is 2. The normalized spacial score (nSPS) is 12.0. The van der Waals surface area contributed by atoms with Gasteiger partial charge in [-0.25, -0.2) is 0 Å². The Labute approximate surface area is 102 Å². The van der Waals surface area contributed by atoms with Crippen LogP contribution >= 0.6 is 31.9 Å². The summed E-state index contributed by atoms with van der Waals surface area (Å²) in [5.41, 5.74) is 1.66. The highest BCUT2D eigenvalue weighted by atomic mass is 79.9. The van der Waals surface area contributed by atoms with Crippen molar-refractivity contribution in [3.05, 3.63) is 18.0 Å². The molecule has 0 saturated heterocycles. The van der Waals surface area contributed by atoms with Gasteiger partial charge in [-0.1, -0.05) is 38.8 Å². The van der Waals surface area contributed by atoms with Crippen LogP contribution in [0, 0.1) is 5.41 Å². The first-order valence-electron chi connectivity index (χ1n) is 4.69. The average Bonchev–Trinajstić information content (AvgIpc) is 2.61. The van der Waals surface area contributed by atoms with E-state index in [9.17, 15) is 0 Å². The monoisotopic (exact) mass is 322 g/mol. The molecule has 1 heterocycles. The highest BCUT2D eigenvalue weighted by Crippen LogP contribution is 2.28. The lowest BCUT2D eigenvalue weighted by molar-refractivity contribution is 0.403. The van der Waals surface area contributed by atoms with Gasteiger partial charge in [0.1, 0.15) is 0 Å². The zero-order valence-corrected chi connectivity index (χ0v) is 11.8. The molecule has 0 aliphatic heterocycles. The van der Waals surface area contributed by atoms with Crippen molar-refractivity contribution in [1.82, 2.24) is 9.78 Å². The summed E-state index contributed by atoms with van der Waals surface area (Å²) in [6.45, 7) is 2.28. The third kappa shape index (κ3) is 3.39. The summed E-state index contributed by atoms with van der Waals surface area (Å²) in [5, 5.41) is 6.23. The lowest BCUT2D eigenvalue weighted by Gasteiger charge is -2.24. The van der Waals surface area contributed by atoms with Gasteiger partial charge in [0.2, 0.25) is 0 Å². The van der Waals surface area contributed by atoms with Gasteiger partial charge in [-0.3, -0.25) is 4.68 Å². The summed E-state index contributed by atoms with van der Waals surface area (Å²) in [5.74, 6) is 0. The Balaban J connectivity index is 2.47. The predicted octanol–water partition coefficient (Wildman–Crippen LogP) is 3.15. The highest BCUT2D eigenvalue weighted by Gasteiger charge is 2.21. The molecule has 0 aliphatic carbocycles. The molecule has 0 spiro atoms. The molecule has 0 saturated carbocycles. The second kappa shape index (κ2) is 5.31. The van der Waals surface area contributed by atoms with Crippen LogP contribution in [0.2, 0.25) is 0 Å². The zero-order valence-electron chi connectivity index (χ0n) is 8.63. The van der Waals surface area contributed by atoms with E-state index < -0.39 is 0 Å². The third-order valence-electron chi connectivity index (χ3n) is 2.42. The van der Waals surface area contributed by atoms with Gasteiger partial charge in [0, 0.05) is 23.9 Å². The van der Waals surface area contributed by atoms with Crippen molar-refractivity contribution < 1.29 is 0 Å². The minimum atomic E-state index is 0.343. The van der Waals surface area contributed by atoms with Crippen LogP contribution in [0.15, 0.2) is 12.4 Å². The van der Waals surface area contributed by atoms with Gasteiger partial charge in [0.15, 0.2) is 0 Å². The molecule has 1 rings (SSSR count). The summed E-state index contributed by atoms with van der Waals surface area (Å²) >= 11 is 7.12. The van der Waals surface area contributed by atoms with E-state index in [-0.39, 0.29) is 0 Å². The van der Waals surface area contributed by atoms with Gasteiger partial charge in [-0.05, 0) is 23.8 Å². The van der Waals surface area contributed by atoms with Gasteiger partial charge >= 0.3 is 0 Å². The molecule has 4 heteroatoms. The van der Waals surface area contributed by atoms with E-state index in [1.54, 1.807) is 0 Å². The fourth-order valence-corrected chi connectivity index (χ4v) is 2.71. The van der Waals surface area contributed by atoms with Crippen molar-refractivity contribution >= 4 is 31.9 Å². The lowest BCUT2D eigenvalue weighted by Crippen LogP contribution is -2.20. The molecule has 14 heavy (non-hydrogen) atoms. The van der Waals surface area contributed by atoms with E-state index in [0.717, 1.165) is 17.1 Å². The molecule has 0 atom stereocenters. The Bertz CT molecular complexity index is 279. The number of halogens is 2. The molecule has 1 aromatic rings. The first-order valence-corrected chi connectivity index (χ1v) is 6.93. The minimum Gasteiger partial charge on any atom is -0.276 e. The second-order valence-corrected chi connectivity index (χ2v) is 5.22. The standard InChI is InChI=1S/C10H16Br2N2/c1-10(7-11,8-12)4-3-9-5-13-14(2)6-9/h5-6H,3-4,7-8H2,1-2H3. The first-order chi connectivity index (χ1) is 6.59. The third-order valence-corrected chi connectivity index (χ3v) is 5.13. The summed E-state index contributed by atoms with van der Waals surface area (Å²) in [7, 11) is 1.96. The van der Waals surface area contributed by atoms with Gasteiger partial charge < -0.3 is 0 Å². The SMILES string of the molecule is Cn1cc(CCC(C)(CBr)CBr)cn1. The zero-order chi connectivity index (χ0) is 10.6. The molecule has 0 N–H and O–H groups in total. The molecule has 0 aliphatic rings. The van der Waals surface area contributed by atoms with E-state index in [4.69, 9.17) is 0 Å². The van der Waals surface area contributed by atoms with Crippen molar-refractivity contribution in [2.75, 3.05) is 10.7 Å². The first kappa shape index (κ1) is 12.2. The van der Waals surface area contributed by atoms with Crippen LogP contribution < -0.4 is 0 Å². The molecule has 0 fully saturated rings. The summed E-state index contributed by atoms with van der Waals surface area (Å²) in [6, 6.07) is 0. The quantitative estimate of drug-likeness (QED) is 0.761. The smallest absolute Gasteiger partial charge is 0.0521 e. The predicted molar refractivity (Wildman–Crippen MR) is 67.2 cm³/mol. The van der Waals surface area contributed by atoms with Crippen LogP contribution in [0.3, 0.4) is 0 Å². The van der Waals surface area contributed by atoms with Crippen molar-refractivity contribution in [1.29, 1.82) is 0 Å². The van der Waals surface area contributed by atoms with Crippen molar-refractivity contribution in [2.45, 2.75) is 19.8 Å². The van der Waals surface area contributed by atoms with Crippen molar-refractivity contribution in [3.63, 3.8) is 0 Å². The molecule has 80 valence electrons. The van der Waals surface area contributed by atoms with Crippen LogP contribution in [0.1, 0.15) is 18.9 Å². The number of hydrogen-bond donors (Lipinski definition) is 0. The van der Waals surface area contributed by atoms with E-state index in [1.807, 2.05) is 17.9 Å². The van der Waals surface area contributed by atoms with Gasteiger partial charge in [0.05, 0.1) is 6.20 Å². The van der Waals surface area contributed by atoms with Crippen LogP contribution in [-0.4, -0.2) is 20.4 Å². The van der Waals surface area contributed by atoms with Gasteiger partial charge in [0.25, 0.3) is 0 Å². The molecule has 0 bridgehead atoms. The number of alkyl halides is 2. The molecule has 2 nitrogen and oxygen atoms in total. The number of rotatable bonds is 5. The van der Waals surface area contributed by atoms with Gasteiger partial charge in [-0.2, -0.15) is 5.10 Å². The topological polar surface area (TPSA) is 17.8 Å². The van der Waals surface area contributed by atoms with Gasteiger partial charge in [-0.15, -0.1) is 0 Å². The maximum atomic E-state index is 4.16. The van der Waals surface area contributed by atoms with E-state index >= 15 is 0 Å². The molecular formula is C10H16Br2N2. The summed E-state index contributed by atoms with van der Waals surface area (Å²) < 4.78 is 1.86. The van der Waals surface area contributed by atoms with Crippen LogP contribution in [0.4, 0.5) is 0 Å². The Morgan fingerprint density at radius 2 is 2.07 bits per heavy atom. The Kier molecular flexibility index (Phi) is 4.64. The van der Waals surface area contributed by atoms with Crippen LogP contribution in [0.5, 0.6) is 0 Å². The molecular weight excluding hydrogens is 308 g/mol. The Morgan fingerprint density at radius 3 is 2.50 bits per heavy atom. The molecule has 0 aromatic carbocycles. The fourth-order valence-electron chi connectivity index (χ4n) is 1.22. The lowest BCUT2D eigenvalue weighted by atomic mass is 9.89. The maximum absolute atomic E-state index is 4.16. The Hall–Kier alpha value is 0.170. The number of aromatic nitrogens is 2. The highest BCUT2D eigenvalue weighted by molar-refractivity contribution is 9.09. The largest absolute Gasteiger partial charge is 0.276 e. The number of hydrogen-bond acceptors (Lipinski definition) is 1. The van der Waals surface area contributed by atoms with Crippen molar-refractivity contribution in [2.24, 2.45) is 12.5 Å². The number of nitrogens with zero attached hydrogens (tertiary/aromatic N) is 2. The summed E-state index contributed by atoms with van der Waals surface area (Å²) in [6.07, 6.45) is 6.31. The van der Waals surface area contributed by atoms with E-state index in [2.05, 4.69) is 50.1 Å². The van der Waals surface area contributed by atoms with Crippen LogP contribution in [0.25, 0.3) is 0 Å². The summed E-state index contributed by atoms with van der Waals surface area (Å²) in [4.78, 5) is 0. The maximum Gasteiger partial charge on any atom is 0.0521 e. The fraction of sp³-hybridized carbons (Fsp3) is 0.700. The van der Waals surface area contributed by atoms with Crippen molar-refractivity contribution in [3.8, 4) is 0 Å². The van der Waals surface area contributed by atoms with E-state index in [0.29, 0.717) is 5.41 Å². The van der Waals surface area contributed by atoms with Crippen LogP contribution in [-0.2, 0) is 13.5 Å².